The van der Waals surface area contributed by atoms with E-state index in [2.05, 4.69) is 10.6 Å². The fraction of sp³-hybridized carbons (Fsp3) is 0.211. The standard InChI is InChI=1S/C19H20N2O4/c1-13(22)20-16-10-8-15(9-11-16)18(23)21-17(19(24)25-2)12-14-6-4-3-5-7-14/h3-11,17H,12H2,1-2H3,(H,20,22)(H,21,23)/t17-/m1/s1. The number of rotatable bonds is 6. The zero-order valence-electron chi connectivity index (χ0n) is 14.1. The first-order chi connectivity index (χ1) is 12.0. The number of methoxy groups -OCH3 is 1. The molecule has 0 unspecified atom stereocenters. The van der Waals surface area contributed by atoms with E-state index < -0.39 is 12.0 Å². The Labute approximate surface area is 146 Å². The van der Waals surface area contributed by atoms with Crippen LogP contribution in [0.25, 0.3) is 0 Å². The molecule has 2 rings (SSSR count). The number of hydrogen-bond acceptors (Lipinski definition) is 4. The Kier molecular flexibility index (Phi) is 6.28. The average Bonchev–Trinajstić information content (AvgIpc) is 2.61. The lowest BCUT2D eigenvalue weighted by Gasteiger charge is -2.17. The van der Waals surface area contributed by atoms with E-state index in [1.807, 2.05) is 30.3 Å². The van der Waals surface area contributed by atoms with E-state index in [0.717, 1.165) is 5.56 Å². The number of carbonyl (C=O) groups is 3. The lowest BCUT2D eigenvalue weighted by molar-refractivity contribution is -0.142. The quantitative estimate of drug-likeness (QED) is 0.789. The summed E-state index contributed by atoms with van der Waals surface area (Å²) >= 11 is 0. The Balaban J connectivity index is 2.08. The molecule has 1 atom stereocenters. The number of amides is 2. The molecule has 0 aliphatic rings. The molecule has 2 amide bonds. The van der Waals surface area contributed by atoms with Crippen LogP contribution in [0.4, 0.5) is 5.69 Å². The van der Waals surface area contributed by atoms with Crippen LogP contribution in [0, 0.1) is 0 Å². The topological polar surface area (TPSA) is 84.5 Å². The predicted molar refractivity (Wildman–Crippen MR) is 94.2 cm³/mol. The van der Waals surface area contributed by atoms with Crippen molar-refractivity contribution >= 4 is 23.5 Å². The van der Waals surface area contributed by atoms with Crippen molar-refractivity contribution in [1.82, 2.24) is 5.32 Å². The van der Waals surface area contributed by atoms with Gasteiger partial charge in [0, 0.05) is 24.6 Å². The third-order valence-electron chi connectivity index (χ3n) is 3.54. The number of nitrogens with one attached hydrogen (secondary N) is 2. The monoisotopic (exact) mass is 340 g/mol. The second kappa shape index (κ2) is 8.63. The van der Waals surface area contributed by atoms with E-state index in [0.29, 0.717) is 17.7 Å². The van der Waals surface area contributed by atoms with Crippen LogP contribution in [0.5, 0.6) is 0 Å². The van der Waals surface area contributed by atoms with E-state index in [1.54, 1.807) is 24.3 Å². The smallest absolute Gasteiger partial charge is 0.328 e. The van der Waals surface area contributed by atoms with Gasteiger partial charge in [0.05, 0.1) is 7.11 Å². The molecule has 0 aliphatic carbocycles. The van der Waals surface area contributed by atoms with Gasteiger partial charge in [-0.1, -0.05) is 30.3 Å². The van der Waals surface area contributed by atoms with E-state index in [9.17, 15) is 14.4 Å². The zero-order valence-corrected chi connectivity index (χ0v) is 14.1. The zero-order chi connectivity index (χ0) is 18.2. The van der Waals surface area contributed by atoms with Gasteiger partial charge in [-0.15, -0.1) is 0 Å². The third kappa shape index (κ3) is 5.46. The predicted octanol–water partition coefficient (Wildman–Crippen LogP) is 2.16. The van der Waals surface area contributed by atoms with E-state index in [-0.39, 0.29) is 11.8 Å². The summed E-state index contributed by atoms with van der Waals surface area (Å²) in [5, 5.41) is 5.32. The van der Waals surface area contributed by atoms with Crippen molar-refractivity contribution in [3.05, 3.63) is 65.7 Å². The Bertz CT molecular complexity index is 742. The number of hydrogen-bond donors (Lipinski definition) is 2. The van der Waals surface area contributed by atoms with Crippen LogP contribution in [0.3, 0.4) is 0 Å². The highest BCUT2D eigenvalue weighted by Crippen LogP contribution is 2.11. The second-order valence-corrected chi connectivity index (χ2v) is 5.50. The van der Waals surface area contributed by atoms with Crippen LogP contribution in [-0.2, 0) is 20.7 Å². The fourth-order valence-corrected chi connectivity index (χ4v) is 2.34. The van der Waals surface area contributed by atoms with Gasteiger partial charge < -0.3 is 15.4 Å². The molecular weight excluding hydrogens is 320 g/mol. The molecule has 6 heteroatoms. The molecule has 0 saturated heterocycles. The van der Waals surface area contributed by atoms with Gasteiger partial charge in [0.15, 0.2) is 0 Å². The van der Waals surface area contributed by atoms with Crippen LogP contribution in [0.15, 0.2) is 54.6 Å². The van der Waals surface area contributed by atoms with Crippen molar-refractivity contribution < 1.29 is 19.1 Å². The van der Waals surface area contributed by atoms with Crippen molar-refractivity contribution in [2.45, 2.75) is 19.4 Å². The van der Waals surface area contributed by atoms with Gasteiger partial charge in [-0.25, -0.2) is 4.79 Å². The van der Waals surface area contributed by atoms with Gasteiger partial charge in [0.1, 0.15) is 6.04 Å². The molecular formula is C19H20N2O4. The number of esters is 1. The minimum atomic E-state index is -0.782. The van der Waals surface area contributed by atoms with Crippen LogP contribution in [-0.4, -0.2) is 30.9 Å². The third-order valence-corrected chi connectivity index (χ3v) is 3.54. The Morgan fingerprint density at radius 1 is 1.00 bits per heavy atom. The molecule has 130 valence electrons. The molecule has 2 aromatic carbocycles. The lowest BCUT2D eigenvalue weighted by atomic mass is 10.1. The molecule has 0 aliphatic heterocycles. The Morgan fingerprint density at radius 3 is 2.20 bits per heavy atom. The number of carbonyl (C=O) groups excluding carboxylic acids is 3. The first-order valence-corrected chi connectivity index (χ1v) is 7.80. The number of benzene rings is 2. The second-order valence-electron chi connectivity index (χ2n) is 5.50. The summed E-state index contributed by atoms with van der Waals surface area (Å²) < 4.78 is 4.78. The van der Waals surface area contributed by atoms with Crippen LogP contribution in [0.2, 0.25) is 0 Å². The molecule has 2 N–H and O–H groups in total. The fourth-order valence-electron chi connectivity index (χ4n) is 2.34. The van der Waals surface area contributed by atoms with Gasteiger partial charge in [0.2, 0.25) is 5.91 Å². The Hall–Kier alpha value is -3.15. The normalized spacial score (nSPS) is 11.3. The SMILES string of the molecule is COC(=O)[C@@H](Cc1ccccc1)NC(=O)c1ccc(NC(C)=O)cc1. The van der Waals surface area contributed by atoms with Gasteiger partial charge in [-0.2, -0.15) is 0 Å². The van der Waals surface area contributed by atoms with Crippen molar-refractivity contribution in [2.75, 3.05) is 12.4 Å². The molecule has 0 radical (unpaired) electrons. The maximum Gasteiger partial charge on any atom is 0.328 e. The summed E-state index contributed by atoms with van der Waals surface area (Å²) in [6.07, 6.45) is 0.337. The van der Waals surface area contributed by atoms with E-state index in [1.165, 1.54) is 14.0 Å². The molecule has 25 heavy (non-hydrogen) atoms. The summed E-state index contributed by atoms with van der Waals surface area (Å²) in [5.41, 5.74) is 1.90. The highest BCUT2D eigenvalue weighted by molar-refractivity contribution is 5.97. The molecule has 6 nitrogen and oxygen atoms in total. The van der Waals surface area contributed by atoms with Crippen molar-refractivity contribution in [3.8, 4) is 0 Å². The summed E-state index contributed by atoms with van der Waals surface area (Å²) in [5.74, 6) is -1.08. The van der Waals surface area contributed by atoms with E-state index >= 15 is 0 Å². The molecule has 0 saturated carbocycles. The first-order valence-electron chi connectivity index (χ1n) is 7.80. The molecule has 0 fully saturated rings. The summed E-state index contributed by atoms with van der Waals surface area (Å²) in [7, 11) is 1.29. The largest absolute Gasteiger partial charge is 0.467 e. The number of ether oxygens (including phenoxy) is 1. The molecule has 2 aromatic rings. The minimum Gasteiger partial charge on any atom is -0.467 e. The molecule has 0 heterocycles. The summed E-state index contributed by atoms with van der Waals surface area (Å²) in [6, 6.07) is 15.0. The lowest BCUT2D eigenvalue weighted by Crippen LogP contribution is -2.43. The van der Waals surface area contributed by atoms with Crippen molar-refractivity contribution in [2.24, 2.45) is 0 Å². The van der Waals surface area contributed by atoms with Crippen molar-refractivity contribution in [1.29, 1.82) is 0 Å². The highest BCUT2D eigenvalue weighted by Gasteiger charge is 2.22. The number of anilines is 1. The Morgan fingerprint density at radius 2 is 1.64 bits per heavy atom. The first kappa shape index (κ1) is 18.2. The van der Waals surface area contributed by atoms with Crippen LogP contribution < -0.4 is 10.6 Å². The van der Waals surface area contributed by atoms with Gasteiger partial charge >= 0.3 is 5.97 Å². The van der Waals surface area contributed by atoms with Gasteiger partial charge in [-0.3, -0.25) is 9.59 Å². The molecule has 0 spiro atoms. The maximum absolute atomic E-state index is 12.4. The summed E-state index contributed by atoms with van der Waals surface area (Å²) in [4.78, 5) is 35.4. The van der Waals surface area contributed by atoms with Gasteiger partial charge in [-0.05, 0) is 29.8 Å². The van der Waals surface area contributed by atoms with Crippen molar-refractivity contribution in [3.63, 3.8) is 0 Å². The summed E-state index contributed by atoms with van der Waals surface area (Å²) in [6.45, 7) is 1.41. The average molecular weight is 340 g/mol. The van der Waals surface area contributed by atoms with E-state index in [4.69, 9.17) is 4.74 Å². The highest BCUT2D eigenvalue weighted by atomic mass is 16.5. The molecule has 0 aromatic heterocycles. The minimum absolute atomic E-state index is 0.189. The molecule has 0 bridgehead atoms. The maximum atomic E-state index is 12.4. The van der Waals surface area contributed by atoms with Gasteiger partial charge in [0.25, 0.3) is 5.91 Å². The van der Waals surface area contributed by atoms with Crippen LogP contribution in [0.1, 0.15) is 22.8 Å². The van der Waals surface area contributed by atoms with Crippen LogP contribution >= 0.6 is 0 Å².